The van der Waals surface area contributed by atoms with Gasteiger partial charge in [-0.2, -0.15) is 4.98 Å². The third kappa shape index (κ3) is 1.91. The number of ether oxygens (including phenoxy) is 1. The molecule has 1 aromatic carbocycles. The summed E-state index contributed by atoms with van der Waals surface area (Å²) in [6, 6.07) is 5.52. The van der Waals surface area contributed by atoms with Gasteiger partial charge in [0.25, 0.3) is 0 Å². The van der Waals surface area contributed by atoms with Crippen LogP contribution < -0.4 is 10.4 Å². The van der Waals surface area contributed by atoms with Gasteiger partial charge in [0, 0.05) is 11.1 Å². The summed E-state index contributed by atoms with van der Waals surface area (Å²) in [5.41, 5.74) is 1.35. The Hall–Kier alpha value is -1.84. The molecule has 0 radical (unpaired) electrons. The minimum atomic E-state index is -0.291. The third-order valence-corrected chi connectivity index (χ3v) is 2.51. The molecule has 4 nitrogen and oxygen atoms in total. The highest BCUT2D eigenvalue weighted by Gasteiger charge is 2.05. The Bertz CT molecular complexity index is 560. The second kappa shape index (κ2) is 4.35. The summed E-state index contributed by atoms with van der Waals surface area (Å²) in [5, 5.41) is 0.959. The summed E-state index contributed by atoms with van der Waals surface area (Å²) in [4.78, 5) is 18.0. The molecule has 2 aromatic rings. The molecule has 0 saturated carbocycles. The van der Waals surface area contributed by atoms with E-state index in [9.17, 15) is 4.79 Å². The van der Waals surface area contributed by atoms with Gasteiger partial charge in [-0.05, 0) is 24.6 Å². The van der Waals surface area contributed by atoms with Gasteiger partial charge >= 0.3 is 5.69 Å². The van der Waals surface area contributed by atoms with Crippen molar-refractivity contribution in [3.63, 3.8) is 0 Å². The number of methoxy groups -OCH3 is 1. The second-order valence-corrected chi connectivity index (χ2v) is 3.65. The fraction of sp³-hybridized carbons (Fsp3) is 0.333. The molecule has 0 bridgehead atoms. The maximum Gasteiger partial charge on any atom is 0.345 e. The van der Waals surface area contributed by atoms with Crippen molar-refractivity contribution in [2.24, 2.45) is 0 Å². The summed E-state index contributed by atoms with van der Waals surface area (Å²) in [7, 11) is 1.62. The highest BCUT2D eigenvalue weighted by Crippen LogP contribution is 2.20. The van der Waals surface area contributed by atoms with Gasteiger partial charge in [0.2, 0.25) is 0 Å². The first-order chi connectivity index (χ1) is 7.74. The van der Waals surface area contributed by atoms with Crippen molar-refractivity contribution in [3.8, 4) is 5.75 Å². The van der Waals surface area contributed by atoms with E-state index in [2.05, 4.69) is 16.9 Å². The molecule has 0 aliphatic carbocycles. The van der Waals surface area contributed by atoms with E-state index in [1.54, 1.807) is 7.11 Å². The minimum absolute atomic E-state index is 0.291. The Kier molecular flexibility index (Phi) is 2.90. The monoisotopic (exact) mass is 218 g/mol. The average molecular weight is 218 g/mol. The van der Waals surface area contributed by atoms with E-state index in [0.29, 0.717) is 5.52 Å². The lowest BCUT2D eigenvalue weighted by molar-refractivity contribution is 0.415. The second-order valence-electron chi connectivity index (χ2n) is 3.65. The number of aryl methyl sites for hydroxylation is 1. The van der Waals surface area contributed by atoms with Crippen LogP contribution in [0.15, 0.2) is 23.0 Å². The molecule has 0 atom stereocenters. The van der Waals surface area contributed by atoms with Crippen LogP contribution in [0.4, 0.5) is 0 Å². The predicted octanol–water partition coefficient (Wildman–Crippen LogP) is 1.88. The summed E-state index contributed by atoms with van der Waals surface area (Å²) >= 11 is 0. The van der Waals surface area contributed by atoms with Crippen molar-refractivity contribution < 1.29 is 4.74 Å². The average Bonchev–Trinajstić information content (AvgIpc) is 2.29. The van der Waals surface area contributed by atoms with Gasteiger partial charge in [-0.25, -0.2) is 4.79 Å². The zero-order valence-electron chi connectivity index (χ0n) is 9.41. The normalized spacial score (nSPS) is 10.6. The Morgan fingerprint density at radius 1 is 1.44 bits per heavy atom. The summed E-state index contributed by atoms with van der Waals surface area (Å²) in [6.45, 7) is 2.07. The van der Waals surface area contributed by atoms with Crippen molar-refractivity contribution in [1.82, 2.24) is 9.97 Å². The van der Waals surface area contributed by atoms with Gasteiger partial charge in [0.15, 0.2) is 0 Å². The lowest BCUT2D eigenvalue weighted by Gasteiger charge is -2.06. The Labute approximate surface area is 93.3 Å². The molecule has 1 heterocycles. The Balaban J connectivity index is 2.70. The first kappa shape index (κ1) is 10.7. The summed E-state index contributed by atoms with van der Waals surface area (Å²) in [5.74, 6) is 0.777. The number of H-pyrrole nitrogens is 1. The maximum absolute atomic E-state index is 11.3. The minimum Gasteiger partial charge on any atom is -0.497 e. The zero-order chi connectivity index (χ0) is 11.5. The van der Waals surface area contributed by atoms with Crippen LogP contribution in [0.3, 0.4) is 0 Å². The number of aromatic nitrogens is 2. The van der Waals surface area contributed by atoms with Crippen LogP contribution in [0.5, 0.6) is 5.75 Å². The van der Waals surface area contributed by atoms with E-state index in [0.717, 1.165) is 29.7 Å². The van der Waals surface area contributed by atoms with Crippen molar-refractivity contribution in [3.05, 3.63) is 34.4 Å². The smallest absolute Gasteiger partial charge is 0.345 e. The quantitative estimate of drug-likeness (QED) is 0.855. The summed E-state index contributed by atoms with van der Waals surface area (Å²) < 4.78 is 5.17. The molecular formula is C12H14N2O2. The highest BCUT2D eigenvalue weighted by molar-refractivity contribution is 5.82. The molecule has 1 N–H and O–H groups in total. The van der Waals surface area contributed by atoms with E-state index in [4.69, 9.17) is 4.74 Å². The van der Waals surface area contributed by atoms with Gasteiger partial charge in [0.1, 0.15) is 5.75 Å². The fourth-order valence-corrected chi connectivity index (χ4v) is 1.76. The van der Waals surface area contributed by atoms with E-state index in [1.165, 1.54) is 0 Å². The maximum atomic E-state index is 11.3. The van der Waals surface area contributed by atoms with Crippen LogP contribution in [0.1, 0.15) is 19.0 Å². The van der Waals surface area contributed by atoms with Crippen molar-refractivity contribution >= 4 is 10.9 Å². The van der Waals surface area contributed by atoms with E-state index >= 15 is 0 Å². The third-order valence-electron chi connectivity index (χ3n) is 2.51. The molecule has 0 spiro atoms. The molecular weight excluding hydrogens is 204 g/mol. The first-order valence-corrected chi connectivity index (χ1v) is 5.31. The number of aromatic amines is 1. The lowest BCUT2D eigenvalue weighted by atomic mass is 10.1. The number of benzene rings is 1. The van der Waals surface area contributed by atoms with Crippen LogP contribution in [0.25, 0.3) is 10.9 Å². The standard InChI is InChI=1S/C12H14N2O2/c1-3-4-10-9-7-8(16-2)5-6-11(9)14-12(15)13-10/h5-7H,3-4H2,1-2H3,(H,13,14,15). The SMILES string of the molecule is CCCc1[nH]c(=O)nc2ccc(OC)cc12. The predicted molar refractivity (Wildman–Crippen MR) is 62.9 cm³/mol. The first-order valence-electron chi connectivity index (χ1n) is 5.31. The molecule has 0 amide bonds. The molecule has 16 heavy (non-hydrogen) atoms. The van der Waals surface area contributed by atoms with Gasteiger partial charge in [-0.15, -0.1) is 0 Å². The largest absolute Gasteiger partial charge is 0.497 e. The van der Waals surface area contributed by atoms with Gasteiger partial charge in [-0.3, -0.25) is 0 Å². The number of hydrogen-bond acceptors (Lipinski definition) is 3. The van der Waals surface area contributed by atoms with E-state index in [-0.39, 0.29) is 5.69 Å². The van der Waals surface area contributed by atoms with Crippen LogP contribution in [0, 0.1) is 0 Å². The van der Waals surface area contributed by atoms with Crippen LogP contribution in [-0.4, -0.2) is 17.1 Å². The highest BCUT2D eigenvalue weighted by atomic mass is 16.5. The molecule has 4 heteroatoms. The molecule has 0 aliphatic rings. The van der Waals surface area contributed by atoms with Gasteiger partial charge in [0.05, 0.1) is 12.6 Å². The Morgan fingerprint density at radius 2 is 2.25 bits per heavy atom. The topological polar surface area (TPSA) is 55.0 Å². The van der Waals surface area contributed by atoms with E-state index < -0.39 is 0 Å². The van der Waals surface area contributed by atoms with Gasteiger partial charge < -0.3 is 9.72 Å². The van der Waals surface area contributed by atoms with Crippen molar-refractivity contribution in [1.29, 1.82) is 0 Å². The Morgan fingerprint density at radius 3 is 2.94 bits per heavy atom. The number of rotatable bonds is 3. The van der Waals surface area contributed by atoms with Gasteiger partial charge in [-0.1, -0.05) is 13.3 Å². The number of hydrogen-bond donors (Lipinski definition) is 1. The number of nitrogens with one attached hydrogen (secondary N) is 1. The number of nitrogens with zero attached hydrogens (tertiary/aromatic N) is 1. The molecule has 0 aliphatic heterocycles. The summed E-state index contributed by atoms with van der Waals surface area (Å²) in [6.07, 6.45) is 1.81. The zero-order valence-corrected chi connectivity index (χ0v) is 9.41. The fourth-order valence-electron chi connectivity index (χ4n) is 1.76. The van der Waals surface area contributed by atoms with Crippen molar-refractivity contribution in [2.75, 3.05) is 7.11 Å². The molecule has 2 rings (SSSR count). The molecule has 84 valence electrons. The van der Waals surface area contributed by atoms with Crippen LogP contribution in [0.2, 0.25) is 0 Å². The van der Waals surface area contributed by atoms with Crippen LogP contribution >= 0.6 is 0 Å². The lowest BCUT2D eigenvalue weighted by Crippen LogP contribution is -2.13. The van der Waals surface area contributed by atoms with Crippen molar-refractivity contribution in [2.45, 2.75) is 19.8 Å². The molecule has 1 aromatic heterocycles. The van der Waals surface area contributed by atoms with Crippen LogP contribution in [-0.2, 0) is 6.42 Å². The number of fused-ring (bicyclic) bond motifs is 1. The van der Waals surface area contributed by atoms with E-state index in [1.807, 2.05) is 18.2 Å². The molecule has 0 saturated heterocycles. The molecule has 0 fully saturated rings. The molecule has 0 unspecified atom stereocenters.